The Kier molecular flexibility index (Phi) is 5.54. The molecule has 0 radical (unpaired) electrons. The smallest absolute Gasteiger partial charge is 0.194 e. The van der Waals surface area contributed by atoms with Crippen molar-refractivity contribution in [2.45, 2.75) is 63.2 Å². The third kappa shape index (κ3) is 3.22. The maximum atomic E-state index is 14.8. The molecule has 0 amide bonds. The predicted molar refractivity (Wildman–Crippen MR) is 83.3 cm³/mol. The number of benzene rings is 1. The fourth-order valence-corrected chi connectivity index (χ4v) is 4.77. The monoisotopic (exact) mass is 382 g/mol. The highest BCUT2D eigenvalue weighted by atomic mass is 19.2. The van der Waals surface area contributed by atoms with Crippen molar-refractivity contribution in [3.63, 3.8) is 0 Å². The molecule has 146 valence electrons. The largest absolute Gasteiger partial charge is 0.247 e. The van der Waals surface area contributed by atoms with Gasteiger partial charge in [-0.25, -0.2) is 30.7 Å². The van der Waals surface area contributed by atoms with E-state index in [1.807, 2.05) is 0 Å². The lowest BCUT2D eigenvalue weighted by Gasteiger charge is -2.25. The molecule has 1 aromatic rings. The van der Waals surface area contributed by atoms with E-state index in [1.54, 1.807) is 6.92 Å². The van der Waals surface area contributed by atoms with Crippen molar-refractivity contribution >= 4 is 0 Å². The molecule has 2 aliphatic rings. The zero-order chi connectivity index (χ0) is 19.2. The summed E-state index contributed by atoms with van der Waals surface area (Å²) in [6.45, 7) is 1.79. The summed E-state index contributed by atoms with van der Waals surface area (Å²) in [5.74, 6) is -9.18. The fraction of sp³-hybridized carbons (Fsp3) is 0.684. The van der Waals surface area contributed by atoms with Crippen molar-refractivity contribution in [1.82, 2.24) is 0 Å². The molecule has 7 heteroatoms. The van der Waals surface area contributed by atoms with E-state index in [0.717, 1.165) is 0 Å². The first-order chi connectivity index (χ1) is 12.3. The molecule has 0 bridgehead atoms. The summed E-state index contributed by atoms with van der Waals surface area (Å²) in [6.07, 6.45) is -6.97. The maximum absolute atomic E-state index is 14.8. The Labute approximate surface area is 147 Å². The zero-order valence-electron chi connectivity index (χ0n) is 14.2. The van der Waals surface area contributed by atoms with Crippen LogP contribution in [-0.4, -0.2) is 24.7 Å². The third-order valence-corrected chi connectivity index (χ3v) is 5.97. The summed E-state index contributed by atoms with van der Waals surface area (Å²) < 4.78 is 98.9. The lowest BCUT2D eigenvalue weighted by molar-refractivity contribution is 0.123. The Bertz CT molecular complexity index is 602. The number of hydrogen-bond donors (Lipinski definition) is 0. The molecule has 2 aliphatic carbocycles. The quantitative estimate of drug-likeness (QED) is 0.445. The van der Waals surface area contributed by atoms with Crippen LogP contribution >= 0.6 is 0 Å². The van der Waals surface area contributed by atoms with E-state index in [9.17, 15) is 30.7 Å². The van der Waals surface area contributed by atoms with Gasteiger partial charge in [-0.05, 0) is 48.8 Å². The second-order valence-electron chi connectivity index (χ2n) is 7.50. The normalized spacial score (nSPS) is 40.3. The minimum atomic E-state index is -1.94. The molecule has 1 aromatic carbocycles. The highest BCUT2D eigenvalue weighted by molar-refractivity contribution is 5.26. The van der Waals surface area contributed by atoms with E-state index in [0.29, 0.717) is 25.0 Å². The van der Waals surface area contributed by atoms with Crippen LogP contribution in [0.5, 0.6) is 0 Å². The summed E-state index contributed by atoms with van der Waals surface area (Å²) in [6, 6.07) is 1.12. The zero-order valence-corrected chi connectivity index (χ0v) is 14.2. The SMILES string of the molecule is CCCC1C(F)C2CC(F)C(c3cc(F)c(F)c(F)c3)C(F)CC2C1F. The Morgan fingerprint density at radius 3 is 1.73 bits per heavy atom. The van der Waals surface area contributed by atoms with E-state index < -0.39 is 78.7 Å². The molecule has 0 aliphatic heterocycles. The molecular formula is C19H21F7. The first kappa shape index (κ1) is 19.5. The van der Waals surface area contributed by atoms with Gasteiger partial charge in [0.15, 0.2) is 17.5 Å². The fourth-order valence-electron chi connectivity index (χ4n) is 4.77. The molecule has 0 heterocycles. The molecule has 2 fully saturated rings. The minimum Gasteiger partial charge on any atom is -0.247 e. The minimum absolute atomic E-state index is 0.307. The van der Waals surface area contributed by atoms with Gasteiger partial charge in [0.25, 0.3) is 0 Å². The van der Waals surface area contributed by atoms with Gasteiger partial charge in [-0.1, -0.05) is 13.3 Å². The molecule has 0 N–H and O–H groups in total. The van der Waals surface area contributed by atoms with Gasteiger partial charge in [0.05, 0.1) is 0 Å². The van der Waals surface area contributed by atoms with Crippen LogP contribution in [0.1, 0.15) is 44.1 Å². The Morgan fingerprint density at radius 2 is 1.31 bits per heavy atom. The van der Waals surface area contributed by atoms with Gasteiger partial charge in [-0.2, -0.15) is 0 Å². The summed E-state index contributed by atoms with van der Waals surface area (Å²) in [4.78, 5) is 0. The Hall–Kier alpha value is -1.27. The summed E-state index contributed by atoms with van der Waals surface area (Å²) in [7, 11) is 0. The summed E-state index contributed by atoms with van der Waals surface area (Å²) >= 11 is 0. The van der Waals surface area contributed by atoms with Crippen LogP contribution in [0, 0.1) is 35.2 Å². The average Bonchev–Trinajstić information content (AvgIpc) is 2.71. The molecule has 6 unspecified atom stereocenters. The van der Waals surface area contributed by atoms with Crippen molar-refractivity contribution in [2.24, 2.45) is 17.8 Å². The van der Waals surface area contributed by atoms with E-state index in [-0.39, 0.29) is 5.56 Å². The number of alkyl halides is 4. The van der Waals surface area contributed by atoms with Gasteiger partial charge in [-0.3, -0.25) is 0 Å². The molecule has 6 atom stereocenters. The van der Waals surface area contributed by atoms with Crippen LogP contribution in [-0.2, 0) is 0 Å². The van der Waals surface area contributed by atoms with Crippen LogP contribution in [0.25, 0.3) is 0 Å². The second kappa shape index (κ2) is 7.39. The predicted octanol–water partition coefficient (Wildman–Crippen LogP) is 6.00. The van der Waals surface area contributed by atoms with E-state index in [1.165, 1.54) is 0 Å². The van der Waals surface area contributed by atoms with Crippen LogP contribution in [0.15, 0.2) is 12.1 Å². The number of fused-ring (bicyclic) bond motifs is 1. The van der Waals surface area contributed by atoms with Gasteiger partial charge >= 0.3 is 0 Å². The van der Waals surface area contributed by atoms with Crippen LogP contribution < -0.4 is 0 Å². The van der Waals surface area contributed by atoms with Crippen molar-refractivity contribution in [1.29, 1.82) is 0 Å². The molecule has 3 rings (SSSR count). The molecule has 0 spiro atoms. The van der Waals surface area contributed by atoms with E-state index in [2.05, 4.69) is 0 Å². The first-order valence-electron chi connectivity index (χ1n) is 8.96. The van der Waals surface area contributed by atoms with Gasteiger partial charge in [0.2, 0.25) is 0 Å². The van der Waals surface area contributed by atoms with Crippen molar-refractivity contribution in [2.75, 3.05) is 0 Å². The molecule has 26 heavy (non-hydrogen) atoms. The van der Waals surface area contributed by atoms with E-state index >= 15 is 0 Å². The summed E-state index contributed by atoms with van der Waals surface area (Å²) in [5.41, 5.74) is -0.364. The lowest BCUT2D eigenvalue weighted by atomic mass is 9.86. The number of rotatable bonds is 3. The van der Waals surface area contributed by atoms with Gasteiger partial charge in [-0.15, -0.1) is 0 Å². The van der Waals surface area contributed by atoms with Gasteiger partial charge in [0, 0.05) is 11.8 Å². The molecule has 0 saturated heterocycles. The third-order valence-electron chi connectivity index (χ3n) is 5.97. The van der Waals surface area contributed by atoms with Crippen molar-refractivity contribution < 1.29 is 30.7 Å². The summed E-state index contributed by atoms with van der Waals surface area (Å²) in [5, 5.41) is 0. The molecule has 0 aromatic heterocycles. The van der Waals surface area contributed by atoms with Crippen LogP contribution in [0.3, 0.4) is 0 Å². The maximum Gasteiger partial charge on any atom is 0.194 e. The Balaban J connectivity index is 1.90. The van der Waals surface area contributed by atoms with E-state index in [4.69, 9.17) is 0 Å². The van der Waals surface area contributed by atoms with Crippen LogP contribution in [0.4, 0.5) is 30.7 Å². The standard InChI is InChI=1S/C19H21F7/c1-2-3-9-17(24)10-6-12(20)16(13(21)7-11(10)18(9)25)8-4-14(22)19(26)15(23)5-8/h4-5,9-13,16-18H,2-3,6-7H2,1H3. The van der Waals surface area contributed by atoms with Crippen LogP contribution in [0.2, 0.25) is 0 Å². The highest BCUT2D eigenvalue weighted by Crippen LogP contribution is 2.52. The number of hydrogen-bond acceptors (Lipinski definition) is 0. The first-order valence-corrected chi connectivity index (χ1v) is 8.96. The molecular weight excluding hydrogens is 361 g/mol. The van der Waals surface area contributed by atoms with Crippen molar-refractivity contribution in [3.8, 4) is 0 Å². The molecule has 0 nitrogen and oxygen atoms in total. The topological polar surface area (TPSA) is 0 Å². The van der Waals surface area contributed by atoms with Gasteiger partial charge < -0.3 is 0 Å². The van der Waals surface area contributed by atoms with Gasteiger partial charge in [0.1, 0.15) is 24.7 Å². The Morgan fingerprint density at radius 1 is 0.846 bits per heavy atom. The number of halogens is 7. The molecule has 2 saturated carbocycles. The average molecular weight is 382 g/mol. The second-order valence-corrected chi connectivity index (χ2v) is 7.50. The van der Waals surface area contributed by atoms with Crippen molar-refractivity contribution in [3.05, 3.63) is 35.1 Å². The highest BCUT2D eigenvalue weighted by Gasteiger charge is 2.55. The lowest BCUT2D eigenvalue weighted by Crippen LogP contribution is -2.27.